The third-order valence-electron chi connectivity index (χ3n) is 8.78. The van der Waals surface area contributed by atoms with Crippen LogP contribution in [0.5, 0.6) is 0 Å². The van der Waals surface area contributed by atoms with Crippen molar-refractivity contribution >= 4 is 22.1 Å². The average molecular weight is 749 g/mol. The van der Waals surface area contributed by atoms with Crippen LogP contribution >= 0.6 is 0 Å². The number of allylic oxidation sites excluding steroid dienone is 4. The summed E-state index contributed by atoms with van der Waals surface area (Å²) in [4.78, 5) is 25.1. The van der Waals surface area contributed by atoms with Crippen molar-refractivity contribution in [3.63, 3.8) is 0 Å². The van der Waals surface area contributed by atoms with Crippen molar-refractivity contribution in [2.45, 2.75) is 185 Å². The number of ether oxygens (including phenoxy) is 4. The summed E-state index contributed by atoms with van der Waals surface area (Å²) in [5.74, 6) is -2.03. The van der Waals surface area contributed by atoms with Crippen LogP contribution in [0.2, 0.25) is 0 Å². The Bertz CT molecular complexity index is 1060. The van der Waals surface area contributed by atoms with Gasteiger partial charge in [-0.05, 0) is 44.9 Å². The van der Waals surface area contributed by atoms with E-state index in [0.717, 1.165) is 44.9 Å². The van der Waals surface area contributed by atoms with Crippen LogP contribution in [0.1, 0.15) is 149 Å². The van der Waals surface area contributed by atoms with Crippen LogP contribution in [0.4, 0.5) is 0 Å². The largest absolute Gasteiger partial charge is 0.462 e. The minimum absolute atomic E-state index is 0.124. The third kappa shape index (κ3) is 24.9. The Morgan fingerprint density at radius 1 is 0.667 bits per heavy atom. The van der Waals surface area contributed by atoms with Gasteiger partial charge in [0.15, 0.2) is 12.4 Å². The number of hydrogen-bond acceptors (Lipinski definition) is 11. The second-order valence-electron chi connectivity index (χ2n) is 13.6. The van der Waals surface area contributed by atoms with E-state index in [0.29, 0.717) is 12.8 Å². The van der Waals surface area contributed by atoms with Crippen molar-refractivity contribution in [1.29, 1.82) is 0 Å². The zero-order valence-corrected chi connectivity index (χ0v) is 32.0. The van der Waals surface area contributed by atoms with E-state index in [2.05, 4.69) is 38.2 Å². The van der Waals surface area contributed by atoms with Crippen LogP contribution < -0.4 is 0 Å². The zero-order valence-electron chi connectivity index (χ0n) is 31.2. The Morgan fingerprint density at radius 2 is 1.18 bits per heavy atom. The smallest absolute Gasteiger partial charge is 0.306 e. The highest BCUT2D eigenvalue weighted by Gasteiger charge is 2.46. The molecule has 6 atom stereocenters. The number of esters is 2. The average Bonchev–Trinajstić information content (AvgIpc) is 3.09. The molecule has 298 valence electrons. The molecule has 0 aromatic carbocycles. The molecule has 51 heavy (non-hydrogen) atoms. The van der Waals surface area contributed by atoms with E-state index in [1.54, 1.807) is 0 Å². The first-order valence-electron chi connectivity index (χ1n) is 19.4. The van der Waals surface area contributed by atoms with Crippen LogP contribution in [0.3, 0.4) is 0 Å². The molecule has 1 fully saturated rings. The second kappa shape index (κ2) is 29.6. The lowest BCUT2D eigenvalue weighted by Crippen LogP contribution is -2.60. The number of aliphatic hydroxyl groups excluding tert-OH is 3. The minimum Gasteiger partial charge on any atom is -0.462 e. The molecule has 0 aromatic rings. The van der Waals surface area contributed by atoms with Crippen LogP contribution in [0.25, 0.3) is 0 Å². The van der Waals surface area contributed by atoms with Gasteiger partial charge in [-0.1, -0.05) is 115 Å². The quantitative estimate of drug-likeness (QED) is 0.0262. The van der Waals surface area contributed by atoms with Crippen molar-refractivity contribution in [2.75, 3.05) is 19.0 Å². The molecule has 2 unspecified atom stereocenters. The molecule has 0 radical (unpaired) electrons. The van der Waals surface area contributed by atoms with E-state index in [9.17, 15) is 37.9 Å². The van der Waals surface area contributed by atoms with Gasteiger partial charge in [-0.25, -0.2) is 0 Å². The van der Waals surface area contributed by atoms with Crippen molar-refractivity contribution in [3.8, 4) is 0 Å². The van der Waals surface area contributed by atoms with Crippen LogP contribution in [-0.4, -0.2) is 96.0 Å². The molecule has 0 aromatic heterocycles. The summed E-state index contributed by atoms with van der Waals surface area (Å²) in [6.45, 7) is 3.66. The maximum absolute atomic E-state index is 12.7. The first-order valence-corrected chi connectivity index (χ1v) is 21.0. The first kappa shape index (κ1) is 47.2. The number of aliphatic hydroxyl groups is 3. The van der Waals surface area contributed by atoms with Crippen LogP contribution in [-0.2, 0) is 38.7 Å². The molecule has 1 saturated heterocycles. The summed E-state index contributed by atoms with van der Waals surface area (Å²) >= 11 is 0. The number of hydrogen-bond donors (Lipinski definition) is 4. The number of carbonyl (C=O) groups excluding carboxylic acids is 2. The molecule has 13 heteroatoms. The fourth-order valence-corrected chi connectivity index (χ4v) is 6.40. The molecule has 0 bridgehead atoms. The van der Waals surface area contributed by atoms with Gasteiger partial charge < -0.3 is 34.3 Å². The maximum atomic E-state index is 12.7. The molecule has 0 spiro atoms. The minimum atomic E-state index is -4.60. The summed E-state index contributed by atoms with van der Waals surface area (Å²) in [5, 5.41) is 30.7. The highest BCUT2D eigenvalue weighted by molar-refractivity contribution is 7.85. The fraction of sp³-hybridized carbons (Fsp3) is 0.842. The van der Waals surface area contributed by atoms with E-state index in [-0.39, 0.29) is 19.4 Å². The van der Waals surface area contributed by atoms with Gasteiger partial charge in [0.2, 0.25) is 0 Å². The molecule has 1 aliphatic heterocycles. The molecule has 0 aliphatic carbocycles. The Morgan fingerprint density at radius 3 is 1.76 bits per heavy atom. The van der Waals surface area contributed by atoms with E-state index < -0.39 is 71.2 Å². The normalized spacial score (nSPS) is 21.7. The van der Waals surface area contributed by atoms with Crippen molar-refractivity contribution in [3.05, 3.63) is 24.3 Å². The monoisotopic (exact) mass is 748 g/mol. The molecule has 1 heterocycles. The predicted molar refractivity (Wildman–Crippen MR) is 196 cm³/mol. The van der Waals surface area contributed by atoms with Crippen molar-refractivity contribution in [2.24, 2.45) is 0 Å². The van der Waals surface area contributed by atoms with Gasteiger partial charge in [0.1, 0.15) is 36.8 Å². The van der Waals surface area contributed by atoms with Crippen LogP contribution in [0, 0.1) is 0 Å². The summed E-state index contributed by atoms with van der Waals surface area (Å²) in [6.07, 6.45) is 19.7. The fourth-order valence-electron chi connectivity index (χ4n) is 5.70. The molecule has 0 saturated carbocycles. The standard InChI is InChI=1S/C38H68O12S/c1-3-5-7-9-11-13-14-15-16-17-18-19-21-23-25-27-34(40)49-31(28-47-33(39)26-24-22-20-12-10-8-6-4-2)29-48-38-37(43)36(42)35(41)32(50-38)30-51(44,45)46/h15-16,18-19,31-32,35-38,41-43H,3-14,17,20-30H2,1-2H3,(H,44,45,46)/b16-15+,19-18+/t31-,32-,35-,36?,37?,38+/m1/s1. The molecular weight excluding hydrogens is 680 g/mol. The Balaban J connectivity index is 2.54. The van der Waals surface area contributed by atoms with E-state index >= 15 is 0 Å². The van der Waals surface area contributed by atoms with E-state index in [4.69, 9.17) is 18.9 Å². The summed E-state index contributed by atoms with van der Waals surface area (Å²) in [6, 6.07) is 0. The number of unbranched alkanes of at least 4 members (excludes halogenated alkanes) is 15. The topological polar surface area (TPSA) is 186 Å². The van der Waals surface area contributed by atoms with Gasteiger partial charge in [0.05, 0.1) is 6.61 Å². The first-order chi connectivity index (χ1) is 24.5. The van der Waals surface area contributed by atoms with Gasteiger partial charge >= 0.3 is 11.9 Å². The highest BCUT2D eigenvalue weighted by atomic mass is 32.2. The summed E-state index contributed by atoms with van der Waals surface area (Å²) < 4.78 is 53.7. The highest BCUT2D eigenvalue weighted by Crippen LogP contribution is 2.24. The van der Waals surface area contributed by atoms with E-state index in [1.807, 2.05) is 0 Å². The van der Waals surface area contributed by atoms with Gasteiger partial charge in [-0.2, -0.15) is 8.42 Å². The Hall–Kier alpha value is -1.87. The van der Waals surface area contributed by atoms with Gasteiger partial charge in [0, 0.05) is 12.8 Å². The molecule has 0 amide bonds. The van der Waals surface area contributed by atoms with Crippen molar-refractivity contribution in [1.82, 2.24) is 0 Å². The lowest BCUT2D eigenvalue weighted by Gasteiger charge is -2.40. The van der Waals surface area contributed by atoms with E-state index in [1.165, 1.54) is 64.2 Å². The second-order valence-corrected chi connectivity index (χ2v) is 15.1. The SMILES string of the molecule is CCCCCCCC/C=C/C/C=C/CCCCC(=O)O[C@H](COC(=O)CCCCCCCCCC)CO[C@H]1O[C@H](CS(=O)(=O)O)[C@@H](O)C(O)C1O. The molecule has 1 aliphatic rings. The third-order valence-corrected chi connectivity index (χ3v) is 9.53. The molecule has 4 N–H and O–H groups in total. The molecule has 1 rings (SSSR count). The molecule has 12 nitrogen and oxygen atoms in total. The number of carbonyl (C=O) groups is 2. The summed E-state index contributed by atoms with van der Waals surface area (Å²) in [7, 11) is -4.60. The lowest BCUT2D eigenvalue weighted by atomic mass is 10.00. The zero-order chi connectivity index (χ0) is 37.7. The lowest BCUT2D eigenvalue weighted by molar-refractivity contribution is -0.297. The van der Waals surface area contributed by atoms with Crippen molar-refractivity contribution < 1.29 is 56.8 Å². The Kier molecular flexibility index (Phi) is 27.3. The van der Waals surface area contributed by atoms with Crippen LogP contribution in [0.15, 0.2) is 24.3 Å². The maximum Gasteiger partial charge on any atom is 0.306 e. The van der Waals surface area contributed by atoms with Gasteiger partial charge in [-0.3, -0.25) is 14.1 Å². The predicted octanol–water partition coefficient (Wildman–Crippen LogP) is 6.50. The number of rotatable bonds is 31. The summed E-state index contributed by atoms with van der Waals surface area (Å²) in [5.41, 5.74) is 0. The Labute approximate surface area is 307 Å². The van der Waals surface area contributed by atoms with Gasteiger partial charge in [-0.15, -0.1) is 0 Å². The van der Waals surface area contributed by atoms with Gasteiger partial charge in [0.25, 0.3) is 10.1 Å². The molecular formula is C38H68O12S.